The molecule has 1 aliphatic heterocycles. The molecule has 152 valence electrons. The van der Waals surface area contributed by atoms with E-state index in [4.69, 9.17) is 4.74 Å². The van der Waals surface area contributed by atoms with Crippen molar-refractivity contribution in [1.29, 1.82) is 0 Å². The molecular weight excluding hydrogens is 368 g/mol. The number of hydrogen-bond donors (Lipinski definition) is 1. The van der Waals surface area contributed by atoms with E-state index in [1.807, 2.05) is 23.1 Å². The summed E-state index contributed by atoms with van der Waals surface area (Å²) in [5.41, 5.74) is 1.52. The van der Waals surface area contributed by atoms with E-state index < -0.39 is 0 Å². The second-order valence-corrected chi connectivity index (χ2v) is 7.12. The molecule has 6 nitrogen and oxygen atoms in total. The standard InChI is InChI=1S/C23H26N2O4/c1-2-29-23(28)18-11-8-14-25(15-18)16-21(26)24-20-13-7-6-12-19(20)22(27)17-9-4-3-5-10-17/h3-7,9-10,12-13,18H,2,8,11,14-16H2,1H3,(H,24,26)/t18-/m0/s1. The summed E-state index contributed by atoms with van der Waals surface area (Å²) in [7, 11) is 0. The zero-order valence-electron chi connectivity index (χ0n) is 16.6. The van der Waals surface area contributed by atoms with Gasteiger partial charge in [-0.2, -0.15) is 0 Å². The minimum atomic E-state index is -0.206. The maximum atomic E-state index is 12.8. The van der Waals surface area contributed by atoms with Crippen molar-refractivity contribution < 1.29 is 19.1 Å². The highest BCUT2D eigenvalue weighted by Crippen LogP contribution is 2.21. The first-order valence-electron chi connectivity index (χ1n) is 9.96. The van der Waals surface area contributed by atoms with Crippen molar-refractivity contribution >= 4 is 23.3 Å². The molecule has 29 heavy (non-hydrogen) atoms. The molecule has 1 fully saturated rings. The highest BCUT2D eigenvalue weighted by atomic mass is 16.5. The molecule has 0 aromatic heterocycles. The lowest BCUT2D eigenvalue weighted by Gasteiger charge is -2.30. The number of piperidine rings is 1. The predicted molar refractivity (Wildman–Crippen MR) is 111 cm³/mol. The SMILES string of the molecule is CCOC(=O)[C@H]1CCCN(CC(=O)Nc2ccccc2C(=O)c2ccccc2)C1. The van der Waals surface area contributed by atoms with Crippen molar-refractivity contribution in [2.24, 2.45) is 5.92 Å². The summed E-state index contributed by atoms with van der Waals surface area (Å²) in [4.78, 5) is 39.4. The third-order valence-electron chi connectivity index (χ3n) is 4.97. The highest BCUT2D eigenvalue weighted by molar-refractivity contribution is 6.13. The average Bonchev–Trinajstić information content (AvgIpc) is 2.74. The number of likely N-dealkylation sites (tertiary alicyclic amines) is 1. The number of anilines is 1. The normalized spacial score (nSPS) is 16.8. The number of carbonyl (C=O) groups is 3. The van der Waals surface area contributed by atoms with Gasteiger partial charge in [0.25, 0.3) is 0 Å². The molecule has 1 atom stereocenters. The number of ketones is 1. The van der Waals surface area contributed by atoms with Crippen LogP contribution < -0.4 is 5.32 Å². The Morgan fingerprint density at radius 1 is 1.07 bits per heavy atom. The van der Waals surface area contributed by atoms with Crippen LogP contribution in [0.4, 0.5) is 5.69 Å². The molecule has 6 heteroatoms. The van der Waals surface area contributed by atoms with E-state index in [0.717, 1.165) is 19.4 Å². The van der Waals surface area contributed by atoms with Gasteiger partial charge in [-0.15, -0.1) is 0 Å². The number of ether oxygens (including phenoxy) is 1. The van der Waals surface area contributed by atoms with Gasteiger partial charge < -0.3 is 10.1 Å². The van der Waals surface area contributed by atoms with Gasteiger partial charge >= 0.3 is 5.97 Å². The van der Waals surface area contributed by atoms with E-state index in [9.17, 15) is 14.4 Å². The van der Waals surface area contributed by atoms with Gasteiger partial charge in [-0.3, -0.25) is 19.3 Å². The van der Waals surface area contributed by atoms with Crippen molar-refractivity contribution in [3.05, 3.63) is 65.7 Å². The van der Waals surface area contributed by atoms with E-state index in [2.05, 4.69) is 5.32 Å². The quantitative estimate of drug-likeness (QED) is 0.577. The Morgan fingerprint density at radius 3 is 2.55 bits per heavy atom. The summed E-state index contributed by atoms with van der Waals surface area (Å²) in [6, 6.07) is 16.0. The largest absolute Gasteiger partial charge is 0.466 e. The van der Waals surface area contributed by atoms with E-state index >= 15 is 0 Å². The van der Waals surface area contributed by atoms with Crippen LogP contribution in [0.1, 0.15) is 35.7 Å². The first-order valence-corrected chi connectivity index (χ1v) is 9.96. The van der Waals surface area contributed by atoms with Crippen molar-refractivity contribution in [1.82, 2.24) is 4.90 Å². The Kier molecular flexibility index (Phi) is 7.14. The molecule has 1 heterocycles. The lowest BCUT2D eigenvalue weighted by atomic mass is 9.98. The fraction of sp³-hybridized carbons (Fsp3) is 0.348. The van der Waals surface area contributed by atoms with Crippen molar-refractivity contribution in [3.63, 3.8) is 0 Å². The summed E-state index contributed by atoms with van der Waals surface area (Å²) >= 11 is 0. The van der Waals surface area contributed by atoms with Gasteiger partial charge in [-0.05, 0) is 38.4 Å². The second-order valence-electron chi connectivity index (χ2n) is 7.12. The number of hydrogen-bond acceptors (Lipinski definition) is 5. The zero-order chi connectivity index (χ0) is 20.6. The summed E-state index contributed by atoms with van der Waals surface area (Å²) in [5, 5.41) is 2.86. The van der Waals surface area contributed by atoms with Gasteiger partial charge in [0.15, 0.2) is 5.78 Å². The molecule has 1 aliphatic rings. The molecule has 3 rings (SSSR count). The van der Waals surface area contributed by atoms with Crippen LogP contribution in [0.5, 0.6) is 0 Å². The van der Waals surface area contributed by atoms with Crippen LogP contribution in [0, 0.1) is 5.92 Å². The number of para-hydroxylation sites is 1. The molecule has 0 spiro atoms. The molecule has 0 unspecified atom stereocenters. The van der Waals surface area contributed by atoms with Crippen LogP contribution in [0.25, 0.3) is 0 Å². The predicted octanol–water partition coefficient (Wildman–Crippen LogP) is 3.13. The Morgan fingerprint density at radius 2 is 1.79 bits per heavy atom. The first kappa shape index (κ1) is 20.7. The third kappa shape index (κ3) is 5.51. The second kappa shape index (κ2) is 9.98. The summed E-state index contributed by atoms with van der Waals surface area (Å²) in [6.07, 6.45) is 1.63. The number of benzene rings is 2. The summed E-state index contributed by atoms with van der Waals surface area (Å²) in [6.45, 7) is 3.59. The Labute approximate surface area is 170 Å². The Hall–Kier alpha value is -2.99. The van der Waals surface area contributed by atoms with Crippen LogP contribution >= 0.6 is 0 Å². The minimum absolute atomic E-state index is 0.137. The Bertz CT molecular complexity index is 866. The van der Waals surface area contributed by atoms with Gasteiger partial charge in [-0.25, -0.2) is 0 Å². The molecule has 0 saturated carbocycles. The summed E-state index contributed by atoms with van der Waals surface area (Å²) in [5.74, 6) is -0.732. The van der Waals surface area contributed by atoms with Crippen LogP contribution in [-0.2, 0) is 14.3 Å². The molecule has 2 aromatic rings. The molecule has 1 N–H and O–H groups in total. The molecule has 1 amide bonds. The van der Waals surface area contributed by atoms with E-state index in [-0.39, 0.29) is 30.1 Å². The maximum absolute atomic E-state index is 12.8. The van der Waals surface area contributed by atoms with E-state index in [1.165, 1.54) is 0 Å². The van der Waals surface area contributed by atoms with Crippen molar-refractivity contribution in [2.75, 3.05) is 31.6 Å². The Balaban J connectivity index is 1.64. The number of rotatable bonds is 7. The van der Waals surface area contributed by atoms with E-state index in [1.54, 1.807) is 43.3 Å². The number of carbonyl (C=O) groups excluding carboxylic acids is 3. The lowest BCUT2D eigenvalue weighted by Crippen LogP contribution is -2.43. The molecule has 0 aliphatic carbocycles. The number of nitrogens with one attached hydrogen (secondary N) is 1. The van der Waals surface area contributed by atoms with Crippen LogP contribution in [0.3, 0.4) is 0 Å². The fourth-order valence-corrected chi connectivity index (χ4v) is 3.58. The molecule has 2 aromatic carbocycles. The van der Waals surface area contributed by atoms with Crippen molar-refractivity contribution in [2.45, 2.75) is 19.8 Å². The van der Waals surface area contributed by atoms with Crippen LogP contribution in [0.15, 0.2) is 54.6 Å². The lowest BCUT2D eigenvalue weighted by molar-refractivity contribution is -0.150. The highest BCUT2D eigenvalue weighted by Gasteiger charge is 2.28. The minimum Gasteiger partial charge on any atom is -0.466 e. The maximum Gasteiger partial charge on any atom is 0.310 e. The van der Waals surface area contributed by atoms with Crippen LogP contribution in [0.2, 0.25) is 0 Å². The fourth-order valence-electron chi connectivity index (χ4n) is 3.58. The zero-order valence-corrected chi connectivity index (χ0v) is 16.6. The average molecular weight is 394 g/mol. The first-order chi connectivity index (χ1) is 14.1. The molecule has 0 radical (unpaired) electrons. The van der Waals surface area contributed by atoms with Crippen LogP contribution in [-0.4, -0.2) is 48.8 Å². The number of amides is 1. The molecule has 0 bridgehead atoms. The number of esters is 1. The third-order valence-corrected chi connectivity index (χ3v) is 4.97. The van der Waals surface area contributed by atoms with Gasteiger partial charge in [0.05, 0.1) is 24.8 Å². The van der Waals surface area contributed by atoms with Gasteiger partial charge in [0, 0.05) is 17.7 Å². The monoisotopic (exact) mass is 394 g/mol. The summed E-state index contributed by atoms with van der Waals surface area (Å²) < 4.78 is 5.11. The van der Waals surface area contributed by atoms with Gasteiger partial charge in [0.2, 0.25) is 5.91 Å². The van der Waals surface area contributed by atoms with Gasteiger partial charge in [-0.1, -0.05) is 42.5 Å². The van der Waals surface area contributed by atoms with E-state index in [0.29, 0.717) is 30.0 Å². The smallest absolute Gasteiger partial charge is 0.310 e. The van der Waals surface area contributed by atoms with Crippen molar-refractivity contribution in [3.8, 4) is 0 Å². The topological polar surface area (TPSA) is 75.7 Å². The number of nitrogens with zero attached hydrogens (tertiary/aromatic N) is 1. The van der Waals surface area contributed by atoms with Gasteiger partial charge in [0.1, 0.15) is 0 Å². The molecular formula is C23H26N2O4. The molecule has 1 saturated heterocycles.